The van der Waals surface area contributed by atoms with E-state index in [1.165, 1.54) is 6.42 Å². The van der Waals surface area contributed by atoms with Crippen molar-refractivity contribution in [3.05, 3.63) is 6.42 Å². The second-order valence-electron chi connectivity index (χ2n) is 3.90. The van der Waals surface area contributed by atoms with Gasteiger partial charge in [-0.15, -0.1) is 0 Å². The summed E-state index contributed by atoms with van der Waals surface area (Å²) >= 11 is 0. The molecule has 0 bridgehead atoms. The van der Waals surface area contributed by atoms with Crippen LogP contribution in [0.5, 0.6) is 0 Å². The van der Waals surface area contributed by atoms with Gasteiger partial charge in [0.15, 0.2) is 0 Å². The first-order valence-electron chi connectivity index (χ1n) is 3.94. The van der Waals surface area contributed by atoms with Crippen molar-refractivity contribution < 1.29 is 0 Å². The molecule has 0 saturated heterocycles. The molecule has 0 heterocycles. The minimum atomic E-state index is 0.565. The Morgan fingerprint density at radius 1 is 1.56 bits per heavy atom. The number of rotatable bonds is 2. The van der Waals surface area contributed by atoms with Crippen LogP contribution in [0.3, 0.4) is 0 Å². The monoisotopic (exact) mass is 125 g/mol. The molecule has 2 atom stereocenters. The fourth-order valence-electron chi connectivity index (χ4n) is 1.57. The molecule has 0 aromatic carbocycles. The van der Waals surface area contributed by atoms with Gasteiger partial charge >= 0.3 is 0 Å². The van der Waals surface area contributed by atoms with E-state index >= 15 is 0 Å². The van der Waals surface area contributed by atoms with Gasteiger partial charge in [0, 0.05) is 0 Å². The van der Waals surface area contributed by atoms with Gasteiger partial charge in [-0.3, -0.25) is 0 Å². The fraction of sp³-hybridized carbons (Fsp3) is 0.889. The summed E-state index contributed by atoms with van der Waals surface area (Å²) in [6.07, 6.45) is 3.78. The van der Waals surface area contributed by atoms with E-state index in [-0.39, 0.29) is 0 Å². The topological polar surface area (TPSA) is 0 Å². The number of hydrogen-bond acceptors (Lipinski definition) is 0. The average Bonchev–Trinajstić information content (AvgIpc) is 2.38. The van der Waals surface area contributed by atoms with E-state index in [9.17, 15) is 0 Å². The first-order chi connectivity index (χ1) is 4.08. The highest BCUT2D eigenvalue weighted by atomic mass is 14.5. The maximum absolute atomic E-state index is 2.46. The van der Waals surface area contributed by atoms with Crippen molar-refractivity contribution in [2.45, 2.75) is 34.1 Å². The van der Waals surface area contributed by atoms with Crippen molar-refractivity contribution in [1.82, 2.24) is 0 Å². The van der Waals surface area contributed by atoms with Gasteiger partial charge in [-0.2, -0.15) is 0 Å². The summed E-state index contributed by atoms with van der Waals surface area (Å²) in [7, 11) is 0. The van der Waals surface area contributed by atoms with Gasteiger partial charge in [0.2, 0.25) is 0 Å². The zero-order valence-electron chi connectivity index (χ0n) is 6.94. The van der Waals surface area contributed by atoms with Crippen molar-refractivity contribution >= 4 is 0 Å². The number of hydrogen-bond donors (Lipinski definition) is 0. The Bertz CT molecular complexity index is 103. The summed E-state index contributed by atoms with van der Waals surface area (Å²) in [5.41, 5.74) is 0.565. The Kier molecular flexibility index (Phi) is 1.58. The van der Waals surface area contributed by atoms with E-state index in [1.54, 1.807) is 0 Å². The van der Waals surface area contributed by atoms with Crippen LogP contribution in [0.15, 0.2) is 0 Å². The molecule has 0 aliphatic heterocycles. The zero-order chi connectivity index (χ0) is 7.07. The molecule has 0 nitrogen and oxygen atoms in total. The highest BCUT2D eigenvalue weighted by Gasteiger charge is 2.48. The van der Waals surface area contributed by atoms with Crippen molar-refractivity contribution in [2.75, 3.05) is 0 Å². The van der Waals surface area contributed by atoms with E-state index in [2.05, 4.69) is 34.1 Å². The van der Waals surface area contributed by atoms with Crippen LogP contribution in [0.25, 0.3) is 0 Å². The van der Waals surface area contributed by atoms with Gasteiger partial charge in [-0.25, -0.2) is 0 Å². The molecule has 0 heteroatoms. The summed E-state index contributed by atoms with van der Waals surface area (Å²) < 4.78 is 0. The van der Waals surface area contributed by atoms with Crippen molar-refractivity contribution in [3.63, 3.8) is 0 Å². The third-order valence-corrected chi connectivity index (χ3v) is 2.62. The Morgan fingerprint density at radius 2 is 2.00 bits per heavy atom. The van der Waals surface area contributed by atoms with Crippen molar-refractivity contribution in [2.24, 2.45) is 17.3 Å². The van der Waals surface area contributed by atoms with Crippen molar-refractivity contribution in [1.29, 1.82) is 0 Å². The maximum Gasteiger partial charge on any atom is -0.0286 e. The lowest BCUT2D eigenvalue weighted by Crippen LogP contribution is -2.00. The molecular formula is C9H17. The normalized spacial score (nSPS) is 34.0. The molecule has 1 aliphatic carbocycles. The lowest BCUT2D eigenvalue weighted by molar-refractivity contribution is 0.412. The van der Waals surface area contributed by atoms with Gasteiger partial charge in [0.25, 0.3) is 0 Å². The minimum absolute atomic E-state index is 0.565. The highest BCUT2D eigenvalue weighted by Crippen LogP contribution is 2.55. The molecule has 1 aliphatic rings. The fourth-order valence-corrected chi connectivity index (χ4v) is 1.57. The van der Waals surface area contributed by atoms with Gasteiger partial charge in [0.1, 0.15) is 0 Å². The molecule has 1 radical (unpaired) electrons. The summed E-state index contributed by atoms with van der Waals surface area (Å²) in [5.74, 6) is 1.81. The summed E-state index contributed by atoms with van der Waals surface area (Å²) in [6.45, 7) is 9.26. The zero-order valence-corrected chi connectivity index (χ0v) is 6.94. The second kappa shape index (κ2) is 2.00. The summed E-state index contributed by atoms with van der Waals surface area (Å²) in [4.78, 5) is 0. The van der Waals surface area contributed by atoms with E-state index in [1.807, 2.05) is 0 Å². The lowest BCUT2D eigenvalue weighted by Gasteiger charge is -2.08. The standard InChI is InChI=1S/C9H17/c1-5-7(2)8-6-9(8,3)4/h6-8H,5H2,1-4H3. The quantitative estimate of drug-likeness (QED) is 0.532. The van der Waals surface area contributed by atoms with Crippen LogP contribution in [0.2, 0.25) is 0 Å². The van der Waals surface area contributed by atoms with Gasteiger partial charge in [-0.05, 0) is 23.7 Å². The first kappa shape index (κ1) is 7.11. The van der Waals surface area contributed by atoms with Gasteiger partial charge in [-0.1, -0.05) is 34.1 Å². The maximum atomic E-state index is 2.46. The largest absolute Gasteiger partial charge is 0.0651 e. The molecule has 0 amide bonds. The predicted octanol–water partition coefficient (Wildman–Crippen LogP) is 2.89. The predicted molar refractivity (Wildman–Crippen MR) is 41.0 cm³/mol. The third kappa shape index (κ3) is 1.28. The Labute approximate surface area is 58.7 Å². The average molecular weight is 125 g/mol. The van der Waals surface area contributed by atoms with Crippen LogP contribution in [0.1, 0.15) is 34.1 Å². The van der Waals surface area contributed by atoms with Gasteiger partial charge < -0.3 is 0 Å². The molecule has 1 fully saturated rings. The van der Waals surface area contributed by atoms with Crippen LogP contribution in [-0.2, 0) is 0 Å². The Morgan fingerprint density at radius 3 is 2.11 bits per heavy atom. The molecule has 0 N–H and O–H groups in total. The van der Waals surface area contributed by atoms with Crippen LogP contribution in [0.4, 0.5) is 0 Å². The minimum Gasteiger partial charge on any atom is -0.0651 e. The molecule has 0 spiro atoms. The highest BCUT2D eigenvalue weighted by molar-refractivity contribution is 5.14. The van der Waals surface area contributed by atoms with E-state index < -0.39 is 0 Å². The molecule has 1 rings (SSSR count). The van der Waals surface area contributed by atoms with Crippen LogP contribution in [0, 0.1) is 23.7 Å². The van der Waals surface area contributed by atoms with Crippen LogP contribution in [-0.4, -0.2) is 0 Å². The summed E-state index contributed by atoms with van der Waals surface area (Å²) in [5, 5.41) is 0. The smallest absolute Gasteiger partial charge is 0.0286 e. The first-order valence-corrected chi connectivity index (χ1v) is 3.94. The molecule has 1 saturated carbocycles. The molecule has 9 heavy (non-hydrogen) atoms. The van der Waals surface area contributed by atoms with Crippen molar-refractivity contribution in [3.8, 4) is 0 Å². The molecular weight excluding hydrogens is 108 g/mol. The van der Waals surface area contributed by atoms with Crippen LogP contribution < -0.4 is 0 Å². The Balaban J connectivity index is 2.33. The molecule has 0 aromatic heterocycles. The molecule has 0 aromatic rings. The lowest BCUT2D eigenvalue weighted by atomic mass is 9.97. The second-order valence-corrected chi connectivity index (χ2v) is 3.90. The van der Waals surface area contributed by atoms with Gasteiger partial charge in [0.05, 0.1) is 0 Å². The van der Waals surface area contributed by atoms with Crippen LogP contribution >= 0.6 is 0 Å². The molecule has 2 unspecified atom stereocenters. The summed E-state index contributed by atoms with van der Waals surface area (Å²) in [6, 6.07) is 0. The third-order valence-electron chi connectivity index (χ3n) is 2.62. The Hall–Kier alpha value is 0. The molecule has 53 valence electrons. The SMILES string of the molecule is CCC(C)C1[CH]C1(C)C. The van der Waals surface area contributed by atoms with E-state index in [0.29, 0.717) is 5.41 Å². The van der Waals surface area contributed by atoms with E-state index in [4.69, 9.17) is 0 Å². The van der Waals surface area contributed by atoms with E-state index in [0.717, 1.165) is 11.8 Å².